The number of hydrogen-bond acceptors (Lipinski definition) is 4. The standard InChI is InChI=1S/C14H18ClN3O3/c1-9-2-3-10(15)6-11(9)17-12(19)7-18-5-4-14(16,8-18)13(20)21/h2-3,6H,4-5,7-8,16H2,1H3,(H,17,19)(H,20,21). The molecule has 0 aliphatic carbocycles. The molecule has 0 radical (unpaired) electrons. The molecule has 2 rings (SSSR count). The molecule has 21 heavy (non-hydrogen) atoms. The molecule has 1 aromatic rings. The summed E-state index contributed by atoms with van der Waals surface area (Å²) in [5.41, 5.74) is 6.08. The van der Waals surface area contributed by atoms with Crippen molar-refractivity contribution in [2.75, 3.05) is 25.0 Å². The van der Waals surface area contributed by atoms with Crippen molar-refractivity contribution >= 4 is 29.2 Å². The topological polar surface area (TPSA) is 95.7 Å². The van der Waals surface area contributed by atoms with Crippen LogP contribution in [0.1, 0.15) is 12.0 Å². The predicted molar refractivity (Wildman–Crippen MR) is 80.4 cm³/mol. The Morgan fingerprint density at radius 3 is 2.86 bits per heavy atom. The number of anilines is 1. The van der Waals surface area contributed by atoms with Crippen molar-refractivity contribution in [2.24, 2.45) is 5.73 Å². The minimum Gasteiger partial charge on any atom is -0.480 e. The highest BCUT2D eigenvalue weighted by Gasteiger charge is 2.41. The van der Waals surface area contributed by atoms with E-state index in [0.29, 0.717) is 23.7 Å². The van der Waals surface area contributed by atoms with Crippen LogP contribution in [0.5, 0.6) is 0 Å². The summed E-state index contributed by atoms with van der Waals surface area (Å²) in [5, 5.41) is 12.4. The first kappa shape index (κ1) is 15.8. The Labute approximate surface area is 127 Å². The van der Waals surface area contributed by atoms with Crippen LogP contribution in [0.4, 0.5) is 5.69 Å². The maximum atomic E-state index is 12.0. The van der Waals surface area contributed by atoms with Gasteiger partial charge in [-0.05, 0) is 31.0 Å². The average molecular weight is 312 g/mol. The van der Waals surface area contributed by atoms with Gasteiger partial charge < -0.3 is 16.2 Å². The fraction of sp³-hybridized carbons (Fsp3) is 0.429. The summed E-state index contributed by atoms with van der Waals surface area (Å²) in [6, 6.07) is 5.26. The summed E-state index contributed by atoms with van der Waals surface area (Å²) in [7, 11) is 0. The number of rotatable bonds is 4. The lowest BCUT2D eigenvalue weighted by molar-refractivity contribution is -0.143. The molecule has 0 spiro atoms. The fourth-order valence-electron chi connectivity index (χ4n) is 2.35. The molecule has 0 saturated carbocycles. The number of aryl methyl sites for hydroxylation is 1. The molecule has 1 aliphatic rings. The first-order valence-corrected chi connectivity index (χ1v) is 6.98. The molecule has 7 heteroatoms. The Hall–Kier alpha value is -1.63. The maximum absolute atomic E-state index is 12.0. The monoisotopic (exact) mass is 311 g/mol. The third kappa shape index (κ3) is 3.72. The van der Waals surface area contributed by atoms with Gasteiger partial charge in [-0.3, -0.25) is 14.5 Å². The molecular weight excluding hydrogens is 294 g/mol. The second-order valence-electron chi connectivity index (χ2n) is 5.43. The number of hydrogen-bond donors (Lipinski definition) is 3. The van der Waals surface area contributed by atoms with Gasteiger partial charge in [-0.15, -0.1) is 0 Å². The van der Waals surface area contributed by atoms with E-state index in [1.807, 2.05) is 13.0 Å². The maximum Gasteiger partial charge on any atom is 0.325 e. The Morgan fingerprint density at radius 1 is 1.52 bits per heavy atom. The zero-order chi connectivity index (χ0) is 15.6. The summed E-state index contributed by atoms with van der Waals surface area (Å²) < 4.78 is 0. The molecule has 1 heterocycles. The van der Waals surface area contributed by atoms with Gasteiger partial charge in [-0.2, -0.15) is 0 Å². The third-order valence-corrected chi connectivity index (χ3v) is 3.88. The summed E-state index contributed by atoms with van der Waals surface area (Å²) in [6.07, 6.45) is 0.339. The van der Waals surface area contributed by atoms with Crippen molar-refractivity contribution in [1.29, 1.82) is 0 Å². The van der Waals surface area contributed by atoms with E-state index in [-0.39, 0.29) is 19.0 Å². The number of carbonyl (C=O) groups excluding carboxylic acids is 1. The Morgan fingerprint density at radius 2 is 2.24 bits per heavy atom. The van der Waals surface area contributed by atoms with E-state index in [0.717, 1.165) is 5.56 Å². The lowest BCUT2D eigenvalue weighted by atomic mass is 10.0. The SMILES string of the molecule is Cc1ccc(Cl)cc1NC(=O)CN1CCC(N)(C(=O)O)C1. The van der Waals surface area contributed by atoms with Gasteiger partial charge in [0.05, 0.1) is 6.54 Å². The van der Waals surface area contributed by atoms with Gasteiger partial charge in [0, 0.05) is 23.8 Å². The highest BCUT2D eigenvalue weighted by atomic mass is 35.5. The number of carboxylic acids is 1. The number of halogens is 1. The molecular formula is C14H18ClN3O3. The van der Waals surface area contributed by atoms with Crippen LogP contribution in [0.25, 0.3) is 0 Å². The molecule has 4 N–H and O–H groups in total. The lowest BCUT2D eigenvalue weighted by Gasteiger charge is -2.19. The fourth-order valence-corrected chi connectivity index (χ4v) is 2.52. The molecule has 1 saturated heterocycles. The van der Waals surface area contributed by atoms with Crippen LogP contribution < -0.4 is 11.1 Å². The smallest absolute Gasteiger partial charge is 0.325 e. The number of aliphatic carboxylic acids is 1. The average Bonchev–Trinajstić information content (AvgIpc) is 2.77. The van der Waals surface area contributed by atoms with Crippen molar-refractivity contribution in [1.82, 2.24) is 4.90 Å². The molecule has 1 amide bonds. The number of nitrogens with two attached hydrogens (primary N) is 1. The van der Waals surface area contributed by atoms with Gasteiger partial charge in [0.1, 0.15) is 5.54 Å². The molecule has 6 nitrogen and oxygen atoms in total. The number of benzene rings is 1. The number of nitrogens with one attached hydrogen (secondary N) is 1. The molecule has 1 unspecified atom stereocenters. The quantitative estimate of drug-likeness (QED) is 0.773. The van der Waals surface area contributed by atoms with Crippen LogP contribution in [0.2, 0.25) is 5.02 Å². The highest BCUT2D eigenvalue weighted by molar-refractivity contribution is 6.31. The van der Waals surface area contributed by atoms with E-state index in [1.54, 1.807) is 17.0 Å². The van der Waals surface area contributed by atoms with E-state index >= 15 is 0 Å². The van der Waals surface area contributed by atoms with Crippen LogP contribution in [0.3, 0.4) is 0 Å². The van der Waals surface area contributed by atoms with Crippen LogP contribution in [0, 0.1) is 6.92 Å². The molecule has 1 aromatic carbocycles. The first-order valence-electron chi connectivity index (χ1n) is 6.61. The number of carboxylic acid groups (broad SMARTS) is 1. The minimum absolute atomic E-state index is 0.109. The number of likely N-dealkylation sites (tertiary alicyclic amines) is 1. The normalized spacial score (nSPS) is 22.2. The summed E-state index contributed by atoms with van der Waals surface area (Å²) in [4.78, 5) is 24.8. The number of amides is 1. The van der Waals surface area contributed by atoms with Crippen molar-refractivity contribution in [3.05, 3.63) is 28.8 Å². The molecule has 1 atom stereocenters. The largest absolute Gasteiger partial charge is 0.480 e. The van der Waals surface area contributed by atoms with Crippen LogP contribution >= 0.6 is 11.6 Å². The molecule has 0 aromatic heterocycles. The van der Waals surface area contributed by atoms with Gasteiger partial charge in [-0.25, -0.2) is 0 Å². The van der Waals surface area contributed by atoms with E-state index in [4.69, 9.17) is 22.4 Å². The van der Waals surface area contributed by atoms with Crippen molar-refractivity contribution in [3.8, 4) is 0 Å². The predicted octanol–water partition coefficient (Wildman–Crippen LogP) is 1.07. The molecule has 1 aliphatic heterocycles. The van der Waals surface area contributed by atoms with Crippen molar-refractivity contribution < 1.29 is 14.7 Å². The van der Waals surface area contributed by atoms with Gasteiger partial charge in [0.15, 0.2) is 0 Å². The van der Waals surface area contributed by atoms with Crippen LogP contribution in [-0.4, -0.2) is 47.1 Å². The summed E-state index contributed by atoms with van der Waals surface area (Å²) >= 11 is 5.90. The Kier molecular flexibility index (Phi) is 4.51. The van der Waals surface area contributed by atoms with Crippen LogP contribution in [-0.2, 0) is 9.59 Å². The summed E-state index contributed by atoms with van der Waals surface area (Å²) in [6.45, 7) is 2.64. The summed E-state index contributed by atoms with van der Waals surface area (Å²) in [5.74, 6) is -1.24. The van der Waals surface area contributed by atoms with Gasteiger partial charge >= 0.3 is 5.97 Å². The second-order valence-corrected chi connectivity index (χ2v) is 5.87. The van der Waals surface area contributed by atoms with E-state index < -0.39 is 11.5 Å². The zero-order valence-corrected chi connectivity index (χ0v) is 12.5. The van der Waals surface area contributed by atoms with Crippen molar-refractivity contribution in [3.63, 3.8) is 0 Å². The number of carbonyl (C=O) groups is 2. The van der Waals surface area contributed by atoms with Gasteiger partial charge in [-0.1, -0.05) is 17.7 Å². The lowest BCUT2D eigenvalue weighted by Crippen LogP contribution is -2.50. The van der Waals surface area contributed by atoms with Gasteiger partial charge in [0.2, 0.25) is 5.91 Å². The van der Waals surface area contributed by atoms with Crippen molar-refractivity contribution in [2.45, 2.75) is 18.9 Å². The Balaban J connectivity index is 1.94. The number of nitrogens with zero attached hydrogens (tertiary/aromatic N) is 1. The zero-order valence-electron chi connectivity index (χ0n) is 11.7. The van der Waals surface area contributed by atoms with Gasteiger partial charge in [0.25, 0.3) is 0 Å². The first-order chi connectivity index (χ1) is 9.80. The van der Waals surface area contributed by atoms with E-state index in [9.17, 15) is 9.59 Å². The Bertz CT molecular complexity index is 579. The second kappa shape index (κ2) is 6.01. The highest BCUT2D eigenvalue weighted by Crippen LogP contribution is 2.21. The minimum atomic E-state index is -1.26. The van der Waals surface area contributed by atoms with Crippen LogP contribution in [0.15, 0.2) is 18.2 Å². The van der Waals surface area contributed by atoms with E-state index in [2.05, 4.69) is 5.32 Å². The molecule has 114 valence electrons. The molecule has 0 bridgehead atoms. The van der Waals surface area contributed by atoms with E-state index in [1.165, 1.54) is 0 Å². The molecule has 1 fully saturated rings. The third-order valence-electron chi connectivity index (χ3n) is 3.65.